The second-order valence-corrected chi connectivity index (χ2v) is 3.34. The maximum atomic E-state index is 5.18. The molecule has 0 aliphatic heterocycles. The standard InChI is InChI=1S/C9H20N8/c1-2-3-4-5-7(15-17-9(12)13)6-14-16-8(10)11/h6H,2-5H2,1H3,(H4,10,11,16)(H4,12,13,17)/b14-6+,15-7-. The molecule has 0 aromatic heterocycles. The van der Waals surface area contributed by atoms with E-state index in [0.717, 1.165) is 19.3 Å². The molecule has 0 aliphatic carbocycles. The van der Waals surface area contributed by atoms with Crippen molar-refractivity contribution in [1.82, 2.24) is 0 Å². The first kappa shape index (κ1) is 14.9. The number of rotatable bonds is 7. The maximum absolute atomic E-state index is 5.18. The summed E-state index contributed by atoms with van der Waals surface area (Å²) in [6, 6.07) is 0. The Morgan fingerprint density at radius 2 is 1.59 bits per heavy atom. The van der Waals surface area contributed by atoms with Gasteiger partial charge in [-0.15, -0.1) is 10.2 Å². The van der Waals surface area contributed by atoms with Gasteiger partial charge < -0.3 is 22.9 Å². The molecule has 96 valence electrons. The second kappa shape index (κ2) is 9.13. The molecule has 0 heterocycles. The summed E-state index contributed by atoms with van der Waals surface area (Å²) >= 11 is 0. The highest BCUT2D eigenvalue weighted by molar-refractivity contribution is 6.30. The van der Waals surface area contributed by atoms with E-state index in [2.05, 4.69) is 27.3 Å². The molecule has 0 aromatic rings. The largest absolute Gasteiger partial charge is 0.369 e. The van der Waals surface area contributed by atoms with E-state index in [1.54, 1.807) is 0 Å². The molecule has 8 N–H and O–H groups in total. The third-order valence-electron chi connectivity index (χ3n) is 1.71. The molecule has 0 bridgehead atoms. The van der Waals surface area contributed by atoms with Gasteiger partial charge in [-0.3, -0.25) is 0 Å². The summed E-state index contributed by atoms with van der Waals surface area (Å²) in [5, 5.41) is 14.5. The van der Waals surface area contributed by atoms with Crippen LogP contribution in [0.15, 0.2) is 20.4 Å². The normalized spacial score (nSPS) is 11.5. The second-order valence-electron chi connectivity index (χ2n) is 3.34. The summed E-state index contributed by atoms with van der Waals surface area (Å²) in [6.07, 6.45) is 5.33. The Bertz CT molecular complexity index is 320. The van der Waals surface area contributed by atoms with Crippen molar-refractivity contribution < 1.29 is 0 Å². The third-order valence-corrected chi connectivity index (χ3v) is 1.71. The van der Waals surface area contributed by atoms with Crippen LogP contribution in [0.3, 0.4) is 0 Å². The van der Waals surface area contributed by atoms with Gasteiger partial charge in [0.1, 0.15) is 0 Å². The van der Waals surface area contributed by atoms with Gasteiger partial charge in [0.15, 0.2) is 0 Å². The highest BCUT2D eigenvalue weighted by Gasteiger charge is 1.96. The van der Waals surface area contributed by atoms with Crippen molar-refractivity contribution in [3.8, 4) is 0 Å². The van der Waals surface area contributed by atoms with Crippen molar-refractivity contribution in [2.45, 2.75) is 32.6 Å². The molecule has 0 atom stereocenters. The zero-order valence-corrected chi connectivity index (χ0v) is 10.0. The van der Waals surface area contributed by atoms with Gasteiger partial charge in [0.2, 0.25) is 11.9 Å². The van der Waals surface area contributed by atoms with Crippen LogP contribution < -0.4 is 22.9 Å². The van der Waals surface area contributed by atoms with Gasteiger partial charge in [-0.05, 0) is 12.8 Å². The van der Waals surface area contributed by atoms with Crippen molar-refractivity contribution in [1.29, 1.82) is 0 Å². The first-order valence-electron chi connectivity index (χ1n) is 5.33. The Labute approximate surface area is 101 Å². The average Bonchev–Trinajstić information content (AvgIpc) is 2.24. The lowest BCUT2D eigenvalue weighted by atomic mass is 10.1. The molecule has 0 saturated carbocycles. The zero-order valence-electron chi connectivity index (χ0n) is 10.0. The number of guanidine groups is 2. The Morgan fingerprint density at radius 1 is 0.941 bits per heavy atom. The van der Waals surface area contributed by atoms with Crippen molar-refractivity contribution in [3.63, 3.8) is 0 Å². The van der Waals surface area contributed by atoms with E-state index >= 15 is 0 Å². The lowest BCUT2D eigenvalue weighted by Gasteiger charge is -1.97. The first-order valence-corrected chi connectivity index (χ1v) is 5.33. The van der Waals surface area contributed by atoms with Gasteiger partial charge >= 0.3 is 0 Å². The minimum atomic E-state index is -0.115. The molecule has 0 aliphatic rings. The maximum Gasteiger partial charge on any atom is 0.211 e. The fourth-order valence-corrected chi connectivity index (χ4v) is 0.981. The van der Waals surface area contributed by atoms with Gasteiger partial charge in [-0.1, -0.05) is 19.8 Å². The molecule has 0 radical (unpaired) electrons. The first-order chi connectivity index (χ1) is 8.06. The molecule has 0 unspecified atom stereocenters. The van der Waals surface area contributed by atoms with Crippen LogP contribution in [0.4, 0.5) is 0 Å². The average molecular weight is 240 g/mol. The van der Waals surface area contributed by atoms with E-state index in [1.165, 1.54) is 6.21 Å². The molecule has 0 saturated heterocycles. The lowest BCUT2D eigenvalue weighted by molar-refractivity contribution is 0.743. The van der Waals surface area contributed by atoms with Gasteiger partial charge in [0, 0.05) is 0 Å². The van der Waals surface area contributed by atoms with E-state index in [9.17, 15) is 0 Å². The van der Waals surface area contributed by atoms with E-state index < -0.39 is 0 Å². The van der Waals surface area contributed by atoms with Crippen molar-refractivity contribution in [3.05, 3.63) is 0 Å². The van der Waals surface area contributed by atoms with Crippen LogP contribution in [-0.4, -0.2) is 23.8 Å². The van der Waals surface area contributed by atoms with Gasteiger partial charge in [0.25, 0.3) is 0 Å². The number of nitrogens with zero attached hydrogens (tertiary/aromatic N) is 4. The predicted octanol–water partition coefficient (Wildman–Crippen LogP) is -0.545. The fourth-order valence-electron chi connectivity index (χ4n) is 0.981. The van der Waals surface area contributed by atoms with E-state index in [1.807, 2.05) is 0 Å². The summed E-state index contributed by atoms with van der Waals surface area (Å²) in [5.74, 6) is -0.218. The van der Waals surface area contributed by atoms with E-state index in [0.29, 0.717) is 12.1 Å². The molecule has 17 heavy (non-hydrogen) atoms. The Morgan fingerprint density at radius 3 is 2.12 bits per heavy atom. The smallest absolute Gasteiger partial charge is 0.211 e. The summed E-state index contributed by atoms with van der Waals surface area (Å²) in [7, 11) is 0. The van der Waals surface area contributed by atoms with Crippen molar-refractivity contribution in [2.24, 2.45) is 43.3 Å². The summed E-state index contributed by atoms with van der Waals surface area (Å²) < 4.78 is 0. The number of hydrogen-bond acceptors (Lipinski definition) is 4. The number of nitrogens with two attached hydrogens (primary N) is 4. The molecule has 0 amide bonds. The minimum absolute atomic E-state index is 0.103. The molecular weight excluding hydrogens is 220 g/mol. The number of hydrogen-bond donors (Lipinski definition) is 4. The molecule has 0 spiro atoms. The van der Waals surface area contributed by atoms with Gasteiger partial charge in [-0.25, -0.2) is 0 Å². The fraction of sp³-hybridized carbons (Fsp3) is 0.556. The third kappa shape index (κ3) is 10.2. The monoisotopic (exact) mass is 240 g/mol. The van der Waals surface area contributed by atoms with Crippen LogP contribution in [0, 0.1) is 0 Å². The molecule has 8 heteroatoms. The van der Waals surface area contributed by atoms with Gasteiger partial charge in [-0.2, -0.15) is 10.2 Å². The minimum Gasteiger partial charge on any atom is -0.369 e. The van der Waals surface area contributed by atoms with E-state index in [-0.39, 0.29) is 11.9 Å². The van der Waals surface area contributed by atoms with Crippen LogP contribution in [0.5, 0.6) is 0 Å². The highest BCUT2D eigenvalue weighted by atomic mass is 15.3. The van der Waals surface area contributed by atoms with E-state index in [4.69, 9.17) is 22.9 Å². The van der Waals surface area contributed by atoms with Crippen LogP contribution in [0.25, 0.3) is 0 Å². The Hall–Kier alpha value is -2.12. The van der Waals surface area contributed by atoms with Crippen LogP contribution in [-0.2, 0) is 0 Å². The summed E-state index contributed by atoms with van der Waals surface area (Å²) in [5.41, 5.74) is 21.2. The van der Waals surface area contributed by atoms with Gasteiger partial charge in [0.05, 0.1) is 11.9 Å². The summed E-state index contributed by atoms with van der Waals surface area (Å²) in [4.78, 5) is 0. The quantitative estimate of drug-likeness (QED) is 0.204. The van der Waals surface area contributed by atoms with Crippen molar-refractivity contribution >= 4 is 23.8 Å². The Kier molecular flexibility index (Phi) is 7.99. The SMILES string of the molecule is CCCCCC(/C=N/N=C(N)N)=N/N=C(N)N. The van der Waals surface area contributed by atoms with Crippen LogP contribution >= 0.6 is 0 Å². The predicted molar refractivity (Wildman–Crippen MR) is 71.7 cm³/mol. The van der Waals surface area contributed by atoms with Crippen LogP contribution in [0.1, 0.15) is 32.6 Å². The van der Waals surface area contributed by atoms with Crippen LogP contribution in [0.2, 0.25) is 0 Å². The number of unbranched alkanes of at least 4 members (excludes halogenated alkanes) is 2. The van der Waals surface area contributed by atoms with Crippen molar-refractivity contribution in [2.75, 3.05) is 0 Å². The topological polar surface area (TPSA) is 154 Å². The molecule has 0 aromatic carbocycles. The summed E-state index contributed by atoms with van der Waals surface area (Å²) in [6.45, 7) is 2.11. The molecular formula is C9H20N8. The lowest BCUT2D eigenvalue weighted by Crippen LogP contribution is -2.22. The molecule has 0 fully saturated rings. The molecule has 8 nitrogen and oxygen atoms in total. The zero-order chi connectivity index (χ0) is 13.1. The Balaban J connectivity index is 4.50. The molecule has 0 rings (SSSR count). The highest BCUT2D eigenvalue weighted by Crippen LogP contribution is 2.00.